The van der Waals surface area contributed by atoms with Gasteiger partial charge in [0.15, 0.2) is 5.82 Å². The molecule has 1 fully saturated rings. The molecule has 3 N–H and O–H groups in total. The van der Waals surface area contributed by atoms with E-state index in [4.69, 9.17) is 11.6 Å². The fraction of sp³-hybridized carbons (Fsp3) is 0.286. The van der Waals surface area contributed by atoms with Gasteiger partial charge in [-0.15, -0.1) is 0 Å². The standard InChI is InChI=1S/C21H22ClN7O/c1-12(2)23-20-27-18(16-7-4-8-17(22)26-16)28-21(29-20)25-15-6-3-5-13(11-15)19(30)24-14-9-10-14/h3-8,11-12,14H,9-10H2,1-2H3,(H,24,30)(H2,23,25,27,28,29). The van der Waals surface area contributed by atoms with Crippen LogP contribution in [-0.4, -0.2) is 37.9 Å². The smallest absolute Gasteiger partial charge is 0.251 e. The molecule has 30 heavy (non-hydrogen) atoms. The van der Waals surface area contributed by atoms with E-state index >= 15 is 0 Å². The highest BCUT2D eigenvalue weighted by atomic mass is 35.5. The van der Waals surface area contributed by atoms with Crippen molar-refractivity contribution in [3.05, 3.63) is 53.2 Å². The fourth-order valence-corrected chi connectivity index (χ4v) is 2.93. The van der Waals surface area contributed by atoms with E-state index in [1.807, 2.05) is 26.0 Å². The van der Waals surface area contributed by atoms with Gasteiger partial charge in [-0.25, -0.2) is 4.98 Å². The number of nitrogens with zero attached hydrogens (tertiary/aromatic N) is 4. The van der Waals surface area contributed by atoms with Crippen LogP contribution < -0.4 is 16.0 Å². The molecule has 1 saturated carbocycles. The largest absolute Gasteiger partial charge is 0.352 e. The molecule has 1 aliphatic rings. The average Bonchev–Trinajstić information content (AvgIpc) is 3.51. The summed E-state index contributed by atoms with van der Waals surface area (Å²) in [7, 11) is 0. The van der Waals surface area contributed by atoms with Crippen molar-refractivity contribution in [1.29, 1.82) is 0 Å². The van der Waals surface area contributed by atoms with Crippen LogP contribution in [0.3, 0.4) is 0 Å². The van der Waals surface area contributed by atoms with Gasteiger partial charge in [-0.2, -0.15) is 15.0 Å². The molecule has 0 bridgehead atoms. The summed E-state index contributed by atoms with van der Waals surface area (Å²) < 4.78 is 0. The van der Waals surface area contributed by atoms with E-state index in [2.05, 4.69) is 35.9 Å². The van der Waals surface area contributed by atoms with Crippen LogP contribution in [0, 0.1) is 0 Å². The second-order valence-electron chi connectivity index (χ2n) is 7.40. The molecular formula is C21H22ClN7O. The Morgan fingerprint density at radius 3 is 2.53 bits per heavy atom. The Balaban J connectivity index is 1.62. The van der Waals surface area contributed by atoms with Crippen LogP contribution in [0.1, 0.15) is 37.0 Å². The second-order valence-corrected chi connectivity index (χ2v) is 7.79. The number of rotatable bonds is 7. The molecule has 8 nitrogen and oxygen atoms in total. The molecule has 0 radical (unpaired) electrons. The first kappa shape index (κ1) is 20.0. The Hall–Kier alpha value is -3.26. The van der Waals surface area contributed by atoms with Gasteiger partial charge in [-0.1, -0.05) is 23.7 Å². The van der Waals surface area contributed by atoms with Crippen LogP contribution in [0.25, 0.3) is 11.5 Å². The van der Waals surface area contributed by atoms with Crippen molar-refractivity contribution in [3.8, 4) is 11.5 Å². The van der Waals surface area contributed by atoms with Crippen LogP contribution in [0.2, 0.25) is 5.15 Å². The minimum atomic E-state index is -0.0808. The molecule has 1 aromatic carbocycles. The maximum atomic E-state index is 12.3. The van der Waals surface area contributed by atoms with Crippen LogP contribution in [0.5, 0.6) is 0 Å². The summed E-state index contributed by atoms with van der Waals surface area (Å²) in [5.41, 5.74) is 1.82. The third-order valence-electron chi connectivity index (χ3n) is 4.29. The van der Waals surface area contributed by atoms with Crippen LogP contribution in [-0.2, 0) is 0 Å². The Bertz CT molecular complexity index is 1070. The molecule has 1 amide bonds. The van der Waals surface area contributed by atoms with Crippen molar-refractivity contribution in [3.63, 3.8) is 0 Å². The summed E-state index contributed by atoms with van der Waals surface area (Å²) in [6, 6.07) is 12.9. The highest BCUT2D eigenvalue weighted by Gasteiger charge is 2.23. The normalized spacial score (nSPS) is 13.2. The Morgan fingerprint density at radius 2 is 1.80 bits per heavy atom. The van der Waals surface area contributed by atoms with E-state index in [-0.39, 0.29) is 11.9 Å². The van der Waals surface area contributed by atoms with Crippen molar-refractivity contribution < 1.29 is 4.79 Å². The van der Waals surface area contributed by atoms with Gasteiger partial charge in [-0.3, -0.25) is 4.79 Å². The summed E-state index contributed by atoms with van der Waals surface area (Å²) in [5.74, 6) is 1.06. The SMILES string of the molecule is CC(C)Nc1nc(Nc2cccc(C(=O)NC3CC3)c2)nc(-c2cccc(Cl)n2)n1. The number of halogens is 1. The predicted molar refractivity (Wildman–Crippen MR) is 117 cm³/mol. The van der Waals surface area contributed by atoms with Gasteiger partial charge in [0.25, 0.3) is 5.91 Å². The molecule has 4 rings (SSSR count). The third-order valence-corrected chi connectivity index (χ3v) is 4.50. The Labute approximate surface area is 179 Å². The lowest BCUT2D eigenvalue weighted by Gasteiger charge is -2.12. The number of pyridine rings is 1. The van der Waals surface area contributed by atoms with Crippen molar-refractivity contribution >= 4 is 35.1 Å². The van der Waals surface area contributed by atoms with Gasteiger partial charge < -0.3 is 16.0 Å². The van der Waals surface area contributed by atoms with Gasteiger partial charge in [0.2, 0.25) is 11.9 Å². The summed E-state index contributed by atoms with van der Waals surface area (Å²) in [4.78, 5) is 30.0. The van der Waals surface area contributed by atoms with E-state index in [0.717, 1.165) is 12.8 Å². The van der Waals surface area contributed by atoms with E-state index < -0.39 is 0 Å². The number of aromatic nitrogens is 4. The maximum Gasteiger partial charge on any atom is 0.251 e. The maximum absolute atomic E-state index is 12.3. The molecule has 9 heteroatoms. The van der Waals surface area contributed by atoms with Crippen LogP contribution >= 0.6 is 11.6 Å². The zero-order chi connectivity index (χ0) is 21.1. The Morgan fingerprint density at radius 1 is 1.03 bits per heavy atom. The predicted octanol–water partition coefficient (Wildman–Crippen LogP) is 4.04. The molecule has 0 saturated heterocycles. The minimum absolute atomic E-state index is 0.0808. The monoisotopic (exact) mass is 423 g/mol. The van der Waals surface area contributed by atoms with E-state index in [9.17, 15) is 4.79 Å². The van der Waals surface area contributed by atoms with Crippen molar-refractivity contribution in [2.24, 2.45) is 0 Å². The molecular weight excluding hydrogens is 402 g/mol. The third kappa shape index (κ3) is 5.21. The summed E-state index contributed by atoms with van der Waals surface area (Å²) >= 11 is 6.02. The van der Waals surface area contributed by atoms with Gasteiger partial charge >= 0.3 is 0 Å². The lowest BCUT2D eigenvalue weighted by atomic mass is 10.2. The number of carbonyl (C=O) groups is 1. The van der Waals surface area contributed by atoms with E-state index in [0.29, 0.717) is 45.9 Å². The van der Waals surface area contributed by atoms with Crippen LogP contribution in [0.4, 0.5) is 17.6 Å². The zero-order valence-corrected chi connectivity index (χ0v) is 17.4. The van der Waals surface area contributed by atoms with Crippen molar-refractivity contribution in [2.75, 3.05) is 10.6 Å². The van der Waals surface area contributed by atoms with E-state index in [1.54, 1.807) is 30.3 Å². The molecule has 2 aromatic heterocycles. The number of benzene rings is 1. The highest BCUT2D eigenvalue weighted by molar-refractivity contribution is 6.29. The van der Waals surface area contributed by atoms with Crippen LogP contribution in [0.15, 0.2) is 42.5 Å². The first-order valence-electron chi connectivity index (χ1n) is 9.80. The number of anilines is 3. The first-order valence-corrected chi connectivity index (χ1v) is 10.2. The summed E-state index contributed by atoms with van der Waals surface area (Å²) in [5, 5.41) is 9.70. The minimum Gasteiger partial charge on any atom is -0.352 e. The lowest BCUT2D eigenvalue weighted by Crippen LogP contribution is -2.25. The molecule has 154 valence electrons. The fourth-order valence-electron chi connectivity index (χ4n) is 2.77. The van der Waals surface area contributed by atoms with Gasteiger partial charge in [-0.05, 0) is 57.0 Å². The number of hydrogen-bond donors (Lipinski definition) is 3. The van der Waals surface area contributed by atoms with E-state index in [1.165, 1.54) is 0 Å². The van der Waals surface area contributed by atoms with Gasteiger partial charge in [0.05, 0.1) is 0 Å². The average molecular weight is 424 g/mol. The zero-order valence-electron chi connectivity index (χ0n) is 16.7. The lowest BCUT2D eigenvalue weighted by molar-refractivity contribution is 0.0951. The summed E-state index contributed by atoms with van der Waals surface area (Å²) in [6.45, 7) is 3.99. The molecule has 0 atom stereocenters. The number of nitrogens with one attached hydrogen (secondary N) is 3. The quantitative estimate of drug-likeness (QED) is 0.492. The number of amides is 1. The second kappa shape index (κ2) is 8.62. The van der Waals surface area contributed by atoms with Crippen molar-refractivity contribution in [2.45, 2.75) is 38.8 Å². The summed E-state index contributed by atoms with van der Waals surface area (Å²) in [6.07, 6.45) is 2.08. The van der Waals surface area contributed by atoms with Crippen molar-refractivity contribution in [1.82, 2.24) is 25.3 Å². The van der Waals surface area contributed by atoms with Gasteiger partial charge in [0.1, 0.15) is 10.8 Å². The number of carbonyl (C=O) groups excluding carboxylic acids is 1. The molecule has 0 spiro atoms. The topological polar surface area (TPSA) is 105 Å². The number of hydrogen-bond acceptors (Lipinski definition) is 7. The molecule has 0 unspecified atom stereocenters. The molecule has 1 aliphatic carbocycles. The molecule has 3 aromatic rings. The molecule has 0 aliphatic heterocycles. The van der Waals surface area contributed by atoms with Gasteiger partial charge in [0, 0.05) is 23.3 Å². The first-order chi connectivity index (χ1) is 14.5. The Kier molecular flexibility index (Phi) is 5.76. The highest BCUT2D eigenvalue weighted by Crippen LogP contribution is 2.22. The molecule has 2 heterocycles.